The van der Waals surface area contributed by atoms with Gasteiger partial charge in [0.05, 0.1) is 19.1 Å². The monoisotopic (exact) mass is 287 g/mol. The number of ether oxygens (including phenoxy) is 2. The number of rotatable bonds is 3. The molecule has 6 nitrogen and oxygen atoms in total. The summed E-state index contributed by atoms with van der Waals surface area (Å²) in [6, 6.07) is 7.90. The minimum absolute atomic E-state index is 0.0793. The van der Waals surface area contributed by atoms with E-state index < -0.39 is 5.97 Å². The SMILES string of the molecule is CCOC(=O)c1nc(C2CCOc3ccccc32)n(C)n1. The molecule has 6 heteroatoms. The molecule has 0 saturated heterocycles. The molecule has 1 aliphatic heterocycles. The van der Waals surface area contributed by atoms with E-state index in [1.165, 1.54) is 0 Å². The van der Waals surface area contributed by atoms with Gasteiger partial charge in [0, 0.05) is 12.6 Å². The lowest BCUT2D eigenvalue weighted by atomic mass is 9.92. The summed E-state index contributed by atoms with van der Waals surface area (Å²) < 4.78 is 12.3. The number of hydrogen-bond donors (Lipinski definition) is 0. The lowest BCUT2D eigenvalue weighted by Gasteiger charge is -2.24. The average Bonchev–Trinajstić information content (AvgIpc) is 2.89. The normalized spacial score (nSPS) is 17.0. The molecule has 2 heterocycles. The van der Waals surface area contributed by atoms with Crippen molar-refractivity contribution in [3.8, 4) is 5.75 Å². The third-order valence-electron chi connectivity index (χ3n) is 3.52. The molecule has 0 saturated carbocycles. The molecule has 0 spiro atoms. The third kappa shape index (κ3) is 2.49. The molecule has 0 radical (unpaired) electrons. The Balaban J connectivity index is 1.97. The molecule has 21 heavy (non-hydrogen) atoms. The fraction of sp³-hybridized carbons (Fsp3) is 0.400. The summed E-state index contributed by atoms with van der Waals surface area (Å²) in [5, 5.41) is 4.17. The van der Waals surface area contributed by atoms with Crippen molar-refractivity contribution in [2.45, 2.75) is 19.3 Å². The number of carbonyl (C=O) groups excluding carboxylic acids is 1. The second-order valence-electron chi connectivity index (χ2n) is 4.87. The average molecular weight is 287 g/mol. The fourth-order valence-corrected chi connectivity index (χ4v) is 2.59. The summed E-state index contributed by atoms with van der Waals surface area (Å²) in [6.07, 6.45) is 0.811. The van der Waals surface area contributed by atoms with Gasteiger partial charge in [0.25, 0.3) is 5.82 Å². The lowest BCUT2D eigenvalue weighted by Crippen LogP contribution is -2.18. The molecule has 1 aromatic heterocycles. The summed E-state index contributed by atoms with van der Waals surface area (Å²) in [7, 11) is 1.79. The van der Waals surface area contributed by atoms with Crippen LogP contribution in [0, 0.1) is 0 Å². The Labute approximate surface area is 122 Å². The Hall–Kier alpha value is -2.37. The van der Waals surface area contributed by atoms with Gasteiger partial charge in [-0.2, -0.15) is 0 Å². The van der Waals surface area contributed by atoms with E-state index in [9.17, 15) is 4.79 Å². The predicted molar refractivity (Wildman–Crippen MR) is 75.4 cm³/mol. The first-order valence-electron chi connectivity index (χ1n) is 7.00. The van der Waals surface area contributed by atoms with Gasteiger partial charge in [-0.3, -0.25) is 4.68 Å². The van der Waals surface area contributed by atoms with Crippen molar-refractivity contribution in [3.05, 3.63) is 41.5 Å². The number of fused-ring (bicyclic) bond motifs is 1. The smallest absolute Gasteiger partial charge is 0.378 e. The van der Waals surface area contributed by atoms with Crippen LogP contribution in [0.5, 0.6) is 5.75 Å². The number of hydrogen-bond acceptors (Lipinski definition) is 5. The largest absolute Gasteiger partial charge is 0.493 e. The minimum atomic E-state index is -0.486. The highest BCUT2D eigenvalue weighted by molar-refractivity contribution is 5.85. The quantitative estimate of drug-likeness (QED) is 0.807. The number of para-hydroxylation sites is 1. The maximum atomic E-state index is 11.8. The van der Waals surface area contributed by atoms with Crippen LogP contribution in [0.25, 0.3) is 0 Å². The topological polar surface area (TPSA) is 66.2 Å². The zero-order chi connectivity index (χ0) is 14.8. The molecule has 1 unspecified atom stereocenters. The van der Waals surface area contributed by atoms with Crippen LogP contribution in [0.15, 0.2) is 24.3 Å². The summed E-state index contributed by atoms with van der Waals surface area (Å²) in [5.41, 5.74) is 1.08. The molecule has 0 bridgehead atoms. The van der Waals surface area contributed by atoms with Crippen LogP contribution in [0.3, 0.4) is 0 Å². The number of esters is 1. The molecule has 0 aliphatic carbocycles. The van der Waals surface area contributed by atoms with Crippen LogP contribution in [0.4, 0.5) is 0 Å². The van der Waals surface area contributed by atoms with Gasteiger partial charge in [-0.25, -0.2) is 9.78 Å². The van der Waals surface area contributed by atoms with E-state index in [2.05, 4.69) is 10.1 Å². The van der Waals surface area contributed by atoms with Gasteiger partial charge in [-0.15, -0.1) is 5.10 Å². The van der Waals surface area contributed by atoms with Gasteiger partial charge in [0.15, 0.2) is 0 Å². The summed E-state index contributed by atoms with van der Waals surface area (Å²) in [4.78, 5) is 16.1. The Morgan fingerprint density at radius 1 is 1.48 bits per heavy atom. The Kier molecular flexibility index (Phi) is 3.60. The summed E-state index contributed by atoms with van der Waals surface area (Å²) in [5.74, 6) is 1.33. The first-order valence-corrected chi connectivity index (χ1v) is 7.00. The summed E-state index contributed by atoms with van der Waals surface area (Å²) >= 11 is 0. The first kappa shape index (κ1) is 13.6. The van der Waals surface area contributed by atoms with Crippen molar-refractivity contribution >= 4 is 5.97 Å². The lowest BCUT2D eigenvalue weighted by molar-refractivity contribution is 0.0512. The van der Waals surface area contributed by atoms with E-state index >= 15 is 0 Å². The van der Waals surface area contributed by atoms with E-state index in [4.69, 9.17) is 9.47 Å². The maximum absolute atomic E-state index is 11.8. The number of aromatic nitrogens is 3. The maximum Gasteiger partial charge on any atom is 0.378 e. The summed E-state index contributed by atoms with van der Waals surface area (Å²) in [6.45, 7) is 2.70. The van der Waals surface area contributed by atoms with Crippen molar-refractivity contribution < 1.29 is 14.3 Å². The Morgan fingerprint density at radius 2 is 2.29 bits per heavy atom. The molecule has 3 rings (SSSR count). The molecule has 2 aromatic rings. The fourth-order valence-electron chi connectivity index (χ4n) is 2.59. The highest BCUT2D eigenvalue weighted by Gasteiger charge is 2.28. The molecule has 1 atom stereocenters. The van der Waals surface area contributed by atoms with Crippen molar-refractivity contribution in [1.29, 1.82) is 0 Å². The molecule has 1 aromatic carbocycles. The van der Waals surface area contributed by atoms with Gasteiger partial charge in [0.1, 0.15) is 11.6 Å². The van der Waals surface area contributed by atoms with E-state index in [0.29, 0.717) is 13.2 Å². The minimum Gasteiger partial charge on any atom is -0.493 e. The van der Waals surface area contributed by atoms with Crippen LogP contribution < -0.4 is 4.74 Å². The first-order chi connectivity index (χ1) is 10.2. The highest BCUT2D eigenvalue weighted by Crippen LogP contribution is 2.36. The van der Waals surface area contributed by atoms with Crippen molar-refractivity contribution in [2.24, 2.45) is 7.05 Å². The molecule has 0 fully saturated rings. The van der Waals surface area contributed by atoms with Gasteiger partial charge in [-0.05, 0) is 19.4 Å². The van der Waals surface area contributed by atoms with Crippen molar-refractivity contribution in [2.75, 3.05) is 13.2 Å². The van der Waals surface area contributed by atoms with Gasteiger partial charge >= 0.3 is 5.97 Å². The molecule has 0 N–H and O–H groups in total. The molecular weight excluding hydrogens is 270 g/mol. The standard InChI is InChI=1S/C15H17N3O3/c1-3-20-15(19)13-16-14(18(2)17-13)11-8-9-21-12-7-5-4-6-10(11)12/h4-7,11H,3,8-9H2,1-2H3. The van der Waals surface area contributed by atoms with Gasteiger partial charge < -0.3 is 9.47 Å². The van der Waals surface area contributed by atoms with E-state index in [1.807, 2.05) is 24.3 Å². The second-order valence-corrected chi connectivity index (χ2v) is 4.87. The van der Waals surface area contributed by atoms with Crippen molar-refractivity contribution in [1.82, 2.24) is 14.8 Å². The number of nitrogens with zero attached hydrogens (tertiary/aromatic N) is 3. The number of aryl methyl sites for hydroxylation is 1. The zero-order valence-electron chi connectivity index (χ0n) is 12.1. The van der Waals surface area contributed by atoms with Crippen LogP contribution in [-0.2, 0) is 11.8 Å². The molecule has 0 amide bonds. The van der Waals surface area contributed by atoms with Gasteiger partial charge in [-0.1, -0.05) is 18.2 Å². The number of benzene rings is 1. The van der Waals surface area contributed by atoms with Crippen LogP contribution in [0.1, 0.15) is 41.3 Å². The van der Waals surface area contributed by atoms with E-state index in [1.54, 1.807) is 18.7 Å². The highest BCUT2D eigenvalue weighted by atomic mass is 16.5. The van der Waals surface area contributed by atoms with Gasteiger partial charge in [0.2, 0.25) is 0 Å². The Bertz CT molecular complexity index is 666. The van der Waals surface area contributed by atoms with E-state index in [0.717, 1.165) is 23.6 Å². The second kappa shape index (κ2) is 5.55. The van der Waals surface area contributed by atoms with Crippen LogP contribution in [0.2, 0.25) is 0 Å². The predicted octanol–water partition coefficient (Wildman–Crippen LogP) is 1.91. The number of carbonyl (C=O) groups is 1. The Morgan fingerprint density at radius 3 is 3.10 bits per heavy atom. The molecular formula is C15H17N3O3. The zero-order valence-corrected chi connectivity index (χ0v) is 12.1. The molecule has 1 aliphatic rings. The van der Waals surface area contributed by atoms with Crippen LogP contribution in [-0.4, -0.2) is 33.9 Å². The molecule has 110 valence electrons. The van der Waals surface area contributed by atoms with Crippen molar-refractivity contribution in [3.63, 3.8) is 0 Å². The third-order valence-corrected chi connectivity index (χ3v) is 3.52. The van der Waals surface area contributed by atoms with Crippen LogP contribution >= 0.6 is 0 Å². The van der Waals surface area contributed by atoms with E-state index in [-0.39, 0.29) is 11.7 Å².